The Morgan fingerprint density at radius 1 is 0.303 bits per heavy atom. The van der Waals surface area contributed by atoms with E-state index >= 15 is 0 Å². The van der Waals surface area contributed by atoms with Crippen LogP contribution in [-0.2, 0) is 10.8 Å². The number of phenolic OH excluding ortho intramolecular Hbond substituents is 2. The maximum Gasteiger partial charge on any atom is 0.119 e. The Labute approximate surface area is 384 Å². The summed E-state index contributed by atoms with van der Waals surface area (Å²) in [7, 11) is 0. The van der Waals surface area contributed by atoms with Gasteiger partial charge in [-0.1, -0.05) is 158 Å². The topological polar surface area (TPSA) is 58.9 Å². The number of aromatic hydroxyl groups is 2. The largest absolute Gasteiger partial charge is 0.508 e. The normalized spacial score (nSPS) is 13.8. The van der Waals surface area contributed by atoms with Gasteiger partial charge in [0.25, 0.3) is 0 Å². The summed E-state index contributed by atoms with van der Waals surface area (Å²) in [5, 5.41) is 25.2. The maximum absolute atomic E-state index is 10.3. The van der Waals surface area contributed by atoms with Crippen molar-refractivity contribution in [2.24, 2.45) is 0 Å². The van der Waals surface area contributed by atoms with Gasteiger partial charge in [-0.3, -0.25) is 0 Å². The van der Waals surface area contributed by atoms with E-state index in [0.717, 1.165) is 57.0 Å². The van der Waals surface area contributed by atoms with E-state index in [0.29, 0.717) is 13.2 Å². The van der Waals surface area contributed by atoms with E-state index in [-0.39, 0.29) is 11.5 Å². The first-order valence-electron chi connectivity index (χ1n) is 22.8. The van der Waals surface area contributed by atoms with Gasteiger partial charge in [0, 0.05) is 0 Å². The first-order valence-corrected chi connectivity index (χ1v) is 22.8. The molecule has 2 N–H and O–H groups in total. The molecule has 0 fully saturated rings. The van der Waals surface area contributed by atoms with Crippen molar-refractivity contribution in [1.29, 1.82) is 0 Å². The van der Waals surface area contributed by atoms with E-state index < -0.39 is 10.8 Å². The lowest BCUT2D eigenvalue weighted by Crippen LogP contribution is -2.28. The summed E-state index contributed by atoms with van der Waals surface area (Å²) in [6.07, 6.45) is 1.70. The summed E-state index contributed by atoms with van der Waals surface area (Å²) in [5.41, 5.74) is 13.3. The molecule has 10 aromatic rings. The van der Waals surface area contributed by atoms with Crippen LogP contribution in [0, 0.1) is 0 Å². The van der Waals surface area contributed by atoms with Crippen LogP contribution in [0.15, 0.2) is 218 Å². The minimum Gasteiger partial charge on any atom is -0.508 e. The van der Waals surface area contributed by atoms with Crippen LogP contribution in [0.2, 0.25) is 0 Å². The molecule has 318 valence electrons. The third-order valence-corrected chi connectivity index (χ3v) is 14.1. The Morgan fingerprint density at radius 3 is 0.985 bits per heavy atom. The lowest BCUT2D eigenvalue weighted by atomic mass is 9.67. The van der Waals surface area contributed by atoms with Crippen molar-refractivity contribution in [2.75, 3.05) is 13.2 Å². The van der Waals surface area contributed by atoms with Crippen LogP contribution in [0.3, 0.4) is 0 Å². The van der Waals surface area contributed by atoms with Crippen LogP contribution in [-0.4, -0.2) is 23.4 Å². The zero-order valence-electron chi connectivity index (χ0n) is 36.3. The summed E-state index contributed by atoms with van der Waals surface area (Å²) in [6.45, 7) is 1.16. The molecular weight excluding hydrogens is 809 g/mol. The zero-order valence-corrected chi connectivity index (χ0v) is 36.3. The fourth-order valence-electron chi connectivity index (χ4n) is 11.2. The van der Waals surface area contributed by atoms with Gasteiger partial charge in [-0.2, -0.15) is 0 Å². The second kappa shape index (κ2) is 15.9. The molecule has 0 heterocycles. The predicted octanol–water partition coefficient (Wildman–Crippen LogP) is 14.4. The molecular formula is C62H46O4. The molecule has 4 heteroatoms. The van der Waals surface area contributed by atoms with Gasteiger partial charge in [0.2, 0.25) is 0 Å². The highest BCUT2D eigenvalue weighted by molar-refractivity contribution is 5.92. The lowest BCUT2D eigenvalue weighted by Gasteiger charge is -2.34. The van der Waals surface area contributed by atoms with Gasteiger partial charge in [-0.15, -0.1) is 0 Å². The molecule has 0 spiro atoms. The summed E-state index contributed by atoms with van der Waals surface area (Å²) < 4.78 is 12.8. The van der Waals surface area contributed by atoms with E-state index in [1.54, 1.807) is 24.3 Å². The highest BCUT2D eigenvalue weighted by Crippen LogP contribution is 2.58. The molecule has 0 saturated heterocycles. The van der Waals surface area contributed by atoms with E-state index in [9.17, 15) is 10.2 Å². The molecule has 12 rings (SSSR count). The standard InChI is InChI=1S/C62H46O4/c63-49-29-25-45(26-30-49)61(57-15-5-1-11-53(57)54-12-2-6-16-58(54)61)47-23-19-41-21-33-51(39-43(41)37-47)65-35-9-10-36-66-52-34-22-42-20-24-48(38-44(42)40-52)62(46-27-31-50(64)32-28-46)59-17-7-3-13-55(59)56-14-4-8-18-60(56)62/h1-8,11-34,37-40,63-64H,9-10,35-36H2. The van der Waals surface area contributed by atoms with Gasteiger partial charge >= 0.3 is 0 Å². The van der Waals surface area contributed by atoms with Crippen LogP contribution in [0.5, 0.6) is 23.0 Å². The average molecular weight is 855 g/mol. The van der Waals surface area contributed by atoms with Crippen LogP contribution < -0.4 is 9.47 Å². The zero-order chi connectivity index (χ0) is 44.2. The molecule has 0 aromatic heterocycles. The molecule has 0 radical (unpaired) electrons. The van der Waals surface area contributed by atoms with Crippen LogP contribution >= 0.6 is 0 Å². The number of benzene rings is 10. The highest BCUT2D eigenvalue weighted by atomic mass is 16.5. The van der Waals surface area contributed by atoms with Gasteiger partial charge in [-0.25, -0.2) is 0 Å². The number of phenols is 2. The summed E-state index contributed by atoms with van der Waals surface area (Å²) >= 11 is 0. The van der Waals surface area contributed by atoms with Crippen molar-refractivity contribution >= 4 is 21.5 Å². The molecule has 66 heavy (non-hydrogen) atoms. The van der Waals surface area contributed by atoms with Gasteiger partial charge in [0.1, 0.15) is 23.0 Å². The van der Waals surface area contributed by atoms with E-state index in [1.165, 1.54) is 55.6 Å². The molecule has 0 amide bonds. The average Bonchev–Trinajstić information content (AvgIpc) is 3.84. The minimum atomic E-state index is -0.552. The van der Waals surface area contributed by atoms with Crippen molar-refractivity contribution in [3.05, 3.63) is 263 Å². The Morgan fingerprint density at radius 2 is 0.621 bits per heavy atom. The lowest BCUT2D eigenvalue weighted by molar-refractivity contribution is 0.267. The molecule has 0 bridgehead atoms. The second-order valence-electron chi connectivity index (χ2n) is 17.6. The minimum absolute atomic E-state index is 0.252. The molecule has 10 aromatic carbocycles. The van der Waals surface area contributed by atoms with Crippen LogP contribution in [0.25, 0.3) is 43.8 Å². The fraction of sp³-hybridized carbons (Fsp3) is 0.0968. The first kappa shape index (κ1) is 39.5. The SMILES string of the molecule is Oc1ccc(C2(c3ccc4ccc(OCCCCOc5ccc6ccc(C7(c8ccc(O)cc8)c8ccccc8-c8ccccc87)cc6c5)cc4c3)c3ccccc3-c3ccccc32)cc1. The van der Waals surface area contributed by atoms with Crippen molar-refractivity contribution < 1.29 is 19.7 Å². The Kier molecular flexibility index (Phi) is 9.50. The van der Waals surface area contributed by atoms with Crippen molar-refractivity contribution in [2.45, 2.75) is 23.7 Å². The number of rotatable bonds is 11. The van der Waals surface area contributed by atoms with E-state index in [4.69, 9.17) is 9.47 Å². The Balaban J connectivity index is 0.769. The predicted molar refractivity (Wildman–Crippen MR) is 266 cm³/mol. The van der Waals surface area contributed by atoms with Crippen LogP contribution in [0.4, 0.5) is 0 Å². The summed E-state index contributed by atoms with van der Waals surface area (Å²) in [4.78, 5) is 0. The summed E-state index contributed by atoms with van der Waals surface area (Å²) in [6, 6.07) is 76.5. The van der Waals surface area contributed by atoms with Crippen molar-refractivity contribution in [1.82, 2.24) is 0 Å². The third-order valence-electron chi connectivity index (χ3n) is 14.1. The molecule has 0 saturated carbocycles. The number of hydrogen-bond acceptors (Lipinski definition) is 4. The number of fused-ring (bicyclic) bond motifs is 8. The Bertz CT molecular complexity index is 3140. The van der Waals surface area contributed by atoms with E-state index in [2.05, 4.69) is 194 Å². The number of ether oxygens (including phenoxy) is 2. The smallest absolute Gasteiger partial charge is 0.119 e. The van der Waals surface area contributed by atoms with Gasteiger partial charge in [0.05, 0.1) is 24.0 Å². The maximum atomic E-state index is 10.3. The highest BCUT2D eigenvalue weighted by Gasteiger charge is 2.47. The third kappa shape index (κ3) is 6.20. The van der Waals surface area contributed by atoms with E-state index in [1.807, 2.05) is 0 Å². The molecule has 2 aliphatic rings. The van der Waals surface area contributed by atoms with Gasteiger partial charge in [-0.05, 0) is 162 Å². The quantitative estimate of drug-likeness (QED) is 0.127. The van der Waals surface area contributed by atoms with Gasteiger partial charge in [0.15, 0.2) is 0 Å². The molecule has 0 atom stereocenters. The second-order valence-corrected chi connectivity index (χ2v) is 17.6. The molecule has 2 aliphatic carbocycles. The van der Waals surface area contributed by atoms with Crippen molar-refractivity contribution in [3.8, 4) is 45.3 Å². The fourth-order valence-corrected chi connectivity index (χ4v) is 11.2. The summed E-state index contributed by atoms with van der Waals surface area (Å²) in [5.74, 6) is 2.19. The molecule has 0 unspecified atom stereocenters. The van der Waals surface area contributed by atoms with Gasteiger partial charge < -0.3 is 19.7 Å². The molecule has 0 aliphatic heterocycles. The van der Waals surface area contributed by atoms with Crippen LogP contribution in [0.1, 0.15) is 57.3 Å². The van der Waals surface area contributed by atoms with Crippen molar-refractivity contribution in [3.63, 3.8) is 0 Å². The number of unbranched alkanes of at least 4 members (excludes halogenated alkanes) is 1. The Hall–Kier alpha value is -8.08. The monoisotopic (exact) mass is 854 g/mol. The first-order chi connectivity index (χ1) is 32.5. The number of hydrogen-bond donors (Lipinski definition) is 2. The molecule has 4 nitrogen and oxygen atoms in total.